The van der Waals surface area contributed by atoms with Crippen molar-refractivity contribution in [2.45, 2.75) is 26.5 Å². The number of ether oxygens (including phenoxy) is 2. The maximum atomic E-state index is 11.5. The van der Waals surface area contributed by atoms with Crippen LogP contribution in [-0.4, -0.2) is 47.3 Å². The van der Waals surface area contributed by atoms with E-state index in [1.165, 1.54) is 7.11 Å². The number of likely N-dealkylation sites (tertiary alicyclic amines) is 1. The van der Waals surface area contributed by atoms with Crippen LogP contribution in [0.15, 0.2) is 40.9 Å². The van der Waals surface area contributed by atoms with Crippen LogP contribution in [0.4, 0.5) is 0 Å². The molecule has 9 heteroatoms. The van der Waals surface area contributed by atoms with Crippen LogP contribution in [0, 0.1) is 17.2 Å². The molecule has 33 heavy (non-hydrogen) atoms. The van der Waals surface area contributed by atoms with Crippen LogP contribution in [0.2, 0.25) is 5.02 Å². The highest BCUT2D eigenvalue weighted by Gasteiger charge is 2.33. The summed E-state index contributed by atoms with van der Waals surface area (Å²) in [5.74, 6) is 0.922. The van der Waals surface area contributed by atoms with Gasteiger partial charge in [0, 0.05) is 30.8 Å². The molecule has 8 nitrogen and oxygen atoms in total. The second kappa shape index (κ2) is 9.61. The van der Waals surface area contributed by atoms with Gasteiger partial charge in [-0.1, -0.05) is 22.8 Å². The largest absolute Gasteiger partial charge is 0.490 e. The summed E-state index contributed by atoms with van der Waals surface area (Å²) in [6, 6.07) is 13.0. The number of esters is 1. The molecule has 2 heterocycles. The molecule has 0 bridgehead atoms. The van der Waals surface area contributed by atoms with E-state index in [4.69, 9.17) is 25.6 Å². The van der Waals surface area contributed by atoms with Gasteiger partial charge >= 0.3 is 5.97 Å². The minimum absolute atomic E-state index is 0.0431. The number of carbonyl (C=O) groups excluding carboxylic acids is 1. The van der Waals surface area contributed by atoms with Gasteiger partial charge in [-0.15, -0.1) is 0 Å². The molecule has 1 aliphatic heterocycles. The molecule has 0 atom stereocenters. The fourth-order valence-corrected chi connectivity index (χ4v) is 3.96. The monoisotopic (exact) mass is 466 g/mol. The number of rotatable bonds is 7. The smallest absolute Gasteiger partial charge is 0.311 e. The molecular weight excluding hydrogens is 444 g/mol. The number of aromatic nitrogens is 2. The number of halogens is 1. The van der Waals surface area contributed by atoms with Crippen molar-refractivity contribution >= 4 is 17.6 Å². The summed E-state index contributed by atoms with van der Waals surface area (Å²) in [6.45, 7) is 5.83. The number of nitrogens with zero attached hydrogens (tertiary/aromatic N) is 4. The first-order valence-electron chi connectivity index (χ1n) is 10.5. The number of hydrogen-bond acceptors (Lipinski definition) is 8. The molecule has 0 N–H and O–H groups in total. The lowest BCUT2D eigenvalue weighted by molar-refractivity contribution is -0.151. The molecule has 2 aromatic carbocycles. The van der Waals surface area contributed by atoms with Crippen molar-refractivity contribution in [1.82, 2.24) is 15.0 Å². The zero-order chi connectivity index (χ0) is 23.5. The van der Waals surface area contributed by atoms with Crippen LogP contribution in [0.5, 0.6) is 5.75 Å². The lowest BCUT2D eigenvalue weighted by Gasteiger charge is -2.37. The average Bonchev–Trinajstić information content (AvgIpc) is 3.25. The molecule has 0 amide bonds. The number of carbonyl (C=O) groups is 1. The third-order valence-corrected chi connectivity index (χ3v) is 5.62. The van der Waals surface area contributed by atoms with Crippen molar-refractivity contribution in [2.75, 3.05) is 20.2 Å². The van der Waals surface area contributed by atoms with Crippen LogP contribution >= 0.6 is 11.6 Å². The van der Waals surface area contributed by atoms with Gasteiger partial charge in [0.2, 0.25) is 5.82 Å². The Hall–Kier alpha value is -3.41. The van der Waals surface area contributed by atoms with Crippen LogP contribution in [0.1, 0.15) is 25.0 Å². The van der Waals surface area contributed by atoms with Gasteiger partial charge in [0.05, 0.1) is 29.7 Å². The fourth-order valence-electron chi connectivity index (χ4n) is 3.67. The van der Waals surface area contributed by atoms with E-state index >= 15 is 0 Å². The Morgan fingerprint density at radius 2 is 2.09 bits per heavy atom. The minimum atomic E-state index is -0.170. The van der Waals surface area contributed by atoms with Crippen molar-refractivity contribution in [1.29, 1.82) is 5.26 Å². The molecule has 0 spiro atoms. The normalized spacial score (nSPS) is 14.1. The third kappa shape index (κ3) is 5.00. The predicted molar refractivity (Wildman–Crippen MR) is 121 cm³/mol. The number of nitriles is 1. The van der Waals surface area contributed by atoms with E-state index in [1.807, 2.05) is 32.0 Å². The second-order valence-corrected chi connectivity index (χ2v) is 8.55. The standard InChI is InChI=1S/C24H23ClN4O4/c1-14(2)32-21-7-5-16(9-17(21)10-26)23-27-22(28-33-23)19-6-4-15(8-20(19)25)11-29-12-18(13-29)24(30)31-3/h4-9,14,18H,11-13H2,1-3H3. The Balaban J connectivity index is 1.48. The Morgan fingerprint density at radius 3 is 2.76 bits per heavy atom. The Morgan fingerprint density at radius 1 is 1.30 bits per heavy atom. The average molecular weight is 467 g/mol. The first-order chi connectivity index (χ1) is 15.9. The first kappa shape index (κ1) is 22.8. The maximum Gasteiger partial charge on any atom is 0.311 e. The summed E-state index contributed by atoms with van der Waals surface area (Å²) in [4.78, 5) is 18.1. The quantitative estimate of drug-likeness (QED) is 0.474. The van der Waals surface area contributed by atoms with Crippen LogP contribution < -0.4 is 4.74 Å². The molecule has 170 valence electrons. The Kier molecular flexibility index (Phi) is 6.63. The van der Waals surface area contributed by atoms with Crippen molar-refractivity contribution in [2.24, 2.45) is 5.92 Å². The first-order valence-corrected chi connectivity index (χ1v) is 10.9. The second-order valence-electron chi connectivity index (χ2n) is 8.14. The van der Waals surface area contributed by atoms with Crippen molar-refractivity contribution < 1.29 is 18.8 Å². The summed E-state index contributed by atoms with van der Waals surface area (Å²) in [7, 11) is 1.41. The van der Waals surface area contributed by atoms with E-state index in [1.54, 1.807) is 18.2 Å². The molecule has 0 aliphatic carbocycles. The van der Waals surface area contributed by atoms with Crippen LogP contribution in [0.3, 0.4) is 0 Å². The highest BCUT2D eigenvalue weighted by Crippen LogP contribution is 2.31. The molecule has 1 saturated heterocycles. The van der Waals surface area contributed by atoms with E-state index in [0.717, 1.165) is 5.56 Å². The lowest BCUT2D eigenvalue weighted by atomic mass is 9.99. The molecule has 0 saturated carbocycles. The topological polar surface area (TPSA) is 101 Å². The van der Waals surface area contributed by atoms with Crippen LogP contribution in [0.25, 0.3) is 22.8 Å². The Bertz CT molecular complexity index is 1210. The summed E-state index contributed by atoms with van der Waals surface area (Å²) in [5, 5.41) is 14.0. The van der Waals surface area contributed by atoms with Gasteiger partial charge in [-0.25, -0.2) is 0 Å². The van der Waals surface area contributed by atoms with E-state index in [2.05, 4.69) is 21.1 Å². The van der Waals surface area contributed by atoms with Crippen LogP contribution in [-0.2, 0) is 16.1 Å². The van der Waals surface area contributed by atoms with Gasteiger partial charge < -0.3 is 14.0 Å². The molecule has 1 fully saturated rings. The van der Waals surface area contributed by atoms with E-state index < -0.39 is 0 Å². The Labute approximate surface area is 196 Å². The van der Waals surface area contributed by atoms with Crippen molar-refractivity contribution in [3.63, 3.8) is 0 Å². The molecule has 4 rings (SSSR count). The van der Waals surface area contributed by atoms with Gasteiger partial charge in [-0.2, -0.15) is 10.2 Å². The van der Waals surface area contributed by atoms with Gasteiger partial charge in [0.1, 0.15) is 11.8 Å². The molecule has 1 aromatic heterocycles. The maximum absolute atomic E-state index is 11.5. The molecule has 3 aromatic rings. The van der Waals surface area contributed by atoms with E-state index in [9.17, 15) is 10.1 Å². The molecule has 1 aliphatic rings. The number of benzene rings is 2. The SMILES string of the molecule is COC(=O)C1CN(Cc2ccc(-c3noc(-c4ccc(OC(C)C)c(C#N)c4)n3)c(Cl)c2)C1. The van der Waals surface area contributed by atoms with Crippen molar-refractivity contribution in [3.8, 4) is 34.7 Å². The summed E-state index contributed by atoms with van der Waals surface area (Å²) < 4.78 is 15.9. The summed E-state index contributed by atoms with van der Waals surface area (Å²) in [6.07, 6.45) is -0.0431. The summed E-state index contributed by atoms with van der Waals surface area (Å²) >= 11 is 6.51. The highest BCUT2D eigenvalue weighted by molar-refractivity contribution is 6.33. The van der Waals surface area contributed by atoms with Gasteiger partial charge in [0.25, 0.3) is 5.89 Å². The molecule has 0 radical (unpaired) electrons. The summed E-state index contributed by atoms with van der Waals surface area (Å²) in [5.41, 5.74) is 2.68. The zero-order valence-electron chi connectivity index (χ0n) is 18.5. The minimum Gasteiger partial charge on any atom is -0.490 e. The molecule has 0 unspecified atom stereocenters. The third-order valence-electron chi connectivity index (χ3n) is 5.31. The number of hydrogen-bond donors (Lipinski definition) is 0. The van der Waals surface area contributed by atoms with E-state index in [0.29, 0.717) is 52.9 Å². The number of methoxy groups -OCH3 is 1. The fraction of sp³-hybridized carbons (Fsp3) is 0.333. The van der Waals surface area contributed by atoms with E-state index in [-0.39, 0.29) is 23.9 Å². The lowest BCUT2D eigenvalue weighted by Crippen LogP contribution is -2.49. The van der Waals surface area contributed by atoms with Gasteiger partial charge in [-0.3, -0.25) is 9.69 Å². The van der Waals surface area contributed by atoms with Crippen molar-refractivity contribution in [3.05, 3.63) is 52.5 Å². The molecular formula is C24H23ClN4O4. The van der Waals surface area contributed by atoms with Gasteiger partial charge in [-0.05, 0) is 49.7 Å². The van der Waals surface area contributed by atoms with Gasteiger partial charge in [0.15, 0.2) is 0 Å². The predicted octanol–water partition coefficient (Wildman–Crippen LogP) is 4.32. The zero-order valence-corrected chi connectivity index (χ0v) is 19.3. The highest BCUT2D eigenvalue weighted by atomic mass is 35.5.